The summed E-state index contributed by atoms with van der Waals surface area (Å²) < 4.78 is 32.9. The number of benzene rings is 3. The highest BCUT2D eigenvalue weighted by atomic mass is 19.1. The van der Waals surface area contributed by atoms with E-state index < -0.39 is 17.3 Å². The van der Waals surface area contributed by atoms with Crippen LogP contribution in [0.5, 0.6) is 0 Å². The maximum absolute atomic E-state index is 14.1. The SMILES string of the molecule is O=c1cc(N2CCN(c3ccc(F)cc3F)CC2)c2ccc3ccccc3c2o1. The molecule has 0 radical (unpaired) electrons. The predicted octanol–water partition coefficient (Wildman–Crippen LogP) is 4.55. The lowest BCUT2D eigenvalue weighted by molar-refractivity contribution is 0.560. The van der Waals surface area contributed by atoms with Gasteiger partial charge in [-0.15, -0.1) is 0 Å². The lowest BCUT2D eigenvalue weighted by Crippen LogP contribution is -2.47. The summed E-state index contributed by atoms with van der Waals surface area (Å²) in [5, 5.41) is 2.79. The van der Waals surface area contributed by atoms with Gasteiger partial charge in [0.25, 0.3) is 0 Å². The zero-order valence-electron chi connectivity index (χ0n) is 15.6. The van der Waals surface area contributed by atoms with Gasteiger partial charge in [0.1, 0.15) is 17.2 Å². The van der Waals surface area contributed by atoms with Crippen LogP contribution in [0.4, 0.5) is 20.2 Å². The summed E-state index contributed by atoms with van der Waals surface area (Å²) in [4.78, 5) is 16.3. The summed E-state index contributed by atoms with van der Waals surface area (Å²) in [6, 6.07) is 17.0. The van der Waals surface area contributed by atoms with Crippen LogP contribution in [0.25, 0.3) is 21.7 Å². The van der Waals surface area contributed by atoms with E-state index in [2.05, 4.69) is 4.90 Å². The molecule has 1 aromatic heterocycles. The van der Waals surface area contributed by atoms with Crippen LogP contribution in [0.1, 0.15) is 0 Å². The zero-order valence-corrected chi connectivity index (χ0v) is 15.6. The summed E-state index contributed by atoms with van der Waals surface area (Å²) in [7, 11) is 0. The first-order chi connectivity index (χ1) is 14.1. The van der Waals surface area contributed by atoms with E-state index in [0.29, 0.717) is 37.4 Å². The average Bonchev–Trinajstić information content (AvgIpc) is 2.73. The van der Waals surface area contributed by atoms with E-state index in [0.717, 1.165) is 27.9 Å². The fourth-order valence-corrected chi connectivity index (χ4v) is 4.06. The van der Waals surface area contributed by atoms with E-state index in [1.165, 1.54) is 18.2 Å². The van der Waals surface area contributed by atoms with E-state index in [4.69, 9.17) is 4.42 Å². The van der Waals surface area contributed by atoms with Gasteiger partial charge in [0, 0.05) is 49.1 Å². The molecule has 1 fully saturated rings. The van der Waals surface area contributed by atoms with E-state index in [9.17, 15) is 13.6 Å². The minimum Gasteiger partial charge on any atom is -0.422 e. The van der Waals surface area contributed by atoms with Gasteiger partial charge in [0.15, 0.2) is 0 Å². The highest BCUT2D eigenvalue weighted by Crippen LogP contribution is 2.32. The molecule has 4 nitrogen and oxygen atoms in total. The summed E-state index contributed by atoms with van der Waals surface area (Å²) in [6.45, 7) is 2.36. The lowest BCUT2D eigenvalue weighted by Gasteiger charge is -2.37. The molecular formula is C23H18F2N2O2. The van der Waals surface area contributed by atoms with Crippen molar-refractivity contribution < 1.29 is 13.2 Å². The van der Waals surface area contributed by atoms with Gasteiger partial charge in [0.2, 0.25) is 0 Å². The second kappa shape index (κ2) is 6.88. The van der Waals surface area contributed by atoms with Crippen LogP contribution in [0.15, 0.2) is 69.9 Å². The minimum atomic E-state index is -0.584. The highest BCUT2D eigenvalue weighted by Gasteiger charge is 2.22. The first-order valence-corrected chi connectivity index (χ1v) is 9.51. The monoisotopic (exact) mass is 392 g/mol. The number of halogens is 2. The van der Waals surface area contributed by atoms with Crippen molar-refractivity contribution in [2.75, 3.05) is 36.0 Å². The van der Waals surface area contributed by atoms with Crippen molar-refractivity contribution >= 4 is 33.1 Å². The fraction of sp³-hybridized carbons (Fsp3) is 0.174. The molecule has 4 aromatic rings. The van der Waals surface area contributed by atoms with Gasteiger partial charge in [-0.3, -0.25) is 0 Å². The molecule has 1 saturated heterocycles. The maximum atomic E-state index is 14.1. The molecule has 0 saturated carbocycles. The van der Waals surface area contributed by atoms with Crippen molar-refractivity contribution in [2.24, 2.45) is 0 Å². The third kappa shape index (κ3) is 3.10. The van der Waals surface area contributed by atoms with Crippen LogP contribution in [0, 0.1) is 11.6 Å². The molecule has 1 aliphatic heterocycles. The molecule has 0 N–H and O–H groups in total. The van der Waals surface area contributed by atoms with E-state index in [-0.39, 0.29) is 0 Å². The van der Waals surface area contributed by atoms with Crippen molar-refractivity contribution in [2.45, 2.75) is 0 Å². The Morgan fingerprint density at radius 2 is 1.48 bits per heavy atom. The third-order valence-corrected chi connectivity index (χ3v) is 5.48. The summed E-state index contributed by atoms with van der Waals surface area (Å²) >= 11 is 0. The molecular weight excluding hydrogens is 374 g/mol. The molecule has 0 aliphatic carbocycles. The topological polar surface area (TPSA) is 36.7 Å². The number of rotatable bonds is 2. The van der Waals surface area contributed by atoms with Crippen molar-refractivity contribution in [1.82, 2.24) is 0 Å². The van der Waals surface area contributed by atoms with Gasteiger partial charge in [-0.05, 0) is 23.6 Å². The van der Waals surface area contributed by atoms with E-state index in [1.54, 1.807) is 0 Å². The Morgan fingerprint density at radius 1 is 0.759 bits per heavy atom. The van der Waals surface area contributed by atoms with Gasteiger partial charge in [-0.1, -0.05) is 30.3 Å². The molecule has 3 aromatic carbocycles. The predicted molar refractivity (Wildman–Crippen MR) is 111 cm³/mol. The number of hydrogen-bond donors (Lipinski definition) is 0. The minimum absolute atomic E-state index is 0.393. The molecule has 2 heterocycles. The summed E-state index contributed by atoms with van der Waals surface area (Å²) in [5.41, 5.74) is 1.41. The Kier molecular flexibility index (Phi) is 4.19. The molecule has 0 spiro atoms. The molecule has 0 unspecified atom stereocenters. The Bertz CT molecular complexity index is 1280. The van der Waals surface area contributed by atoms with Crippen LogP contribution < -0.4 is 15.4 Å². The third-order valence-electron chi connectivity index (χ3n) is 5.48. The first kappa shape index (κ1) is 17.7. The second-order valence-corrected chi connectivity index (χ2v) is 7.18. The Balaban J connectivity index is 1.49. The summed E-state index contributed by atoms with van der Waals surface area (Å²) in [6.07, 6.45) is 0. The van der Waals surface area contributed by atoms with Crippen molar-refractivity contribution in [3.8, 4) is 0 Å². The number of fused-ring (bicyclic) bond motifs is 3. The maximum Gasteiger partial charge on any atom is 0.338 e. The summed E-state index contributed by atoms with van der Waals surface area (Å²) in [5.74, 6) is -1.14. The van der Waals surface area contributed by atoms with Gasteiger partial charge < -0.3 is 14.2 Å². The first-order valence-electron chi connectivity index (χ1n) is 9.51. The zero-order chi connectivity index (χ0) is 20.0. The smallest absolute Gasteiger partial charge is 0.338 e. The van der Waals surface area contributed by atoms with Gasteiger partial charge in [0.05, 0.1) is 11.4 Å². The van der Waals surface area contributed by atoms with E-state index in [1.807, 2.05) is 41.3 Å². The van der Waals surface area contributed by atoms with Crippen molar-refractivity contribution in [3.63, 3.8) is 0 Å². The Hall–Kier alpha value is -3.41. The van der Waals surface area contributed by atoms with Crippen LogP contribution in [0.3, 0.4) is 0 Å². The van der Waals surface area contributed by atoms with Gasteiger partial charge in [-0.2, -0.15) is 0 Å². The quantitative estimate of drug-likeness (QED) is 0.370. The molecule has 29 heavy (non-hydrogen) atoms. The van der Waals surface area contributed by atoms with Crippen molar-refractivity contribution in [3.05, 3.63) is 82.7 Å². The van der Waals surface area contributed by atoms with Crippen LogP contribution >= 0.6 is 0 Å². The molecule has 1 aliphatic rings. The highest BCUT2D eigenvalue weighted by molar-refractivity contribution is 6.08. The van der Waals surface area contributed by atoms with Crippen LogP contribution in [-0.2, 0) is 0 Å². The molecule has 5 rings (SSSR count). The number of nitrogens with zero attached hydrogens (tertiary/aromatic N) is 2. The van der Waals surface area contributed by atoms with E-state index >= 15 is 0 Å². The fourth-order valence-electron chi connectivity index (χ4n) is 4.06. The standard InChI is InChI=1S/C23H18F2N2O2/c24-16-6-8-20(19(25)13-16)26-9-11-27(12-10-26)21-14-22(28)29-23-17-4-2-1-3-15(17)5-7-18(21)23/h1-8,13-14H,9-12H2. The molecule has 6 heteroatoms. The number of anilines is 2. The molecule has 0 amide bonds. The molecule has 0 bridgehead atoms. The van der Waals surface area contributed by atoms with Gasteiger partial charge >= 0.3 is 5.63 Å². The Morgan fingerprint density at radius 3 is 2.24 bits per heavy atom. The molecule has 146 valence electrons. The Labute approximate surface area is 165 Å². The number of hydrogen-bond acceptors (Lipinski definition) is 4. The largest absolute Gasteiger partial charge is 0.422 e. The number of piperazine rings is 1. The average molecular weight is 392 g/mol. The van der Waals surface area contributed by atoms with Crippen molar-refractivity contribution in [1.29, 1.82) is 0 Å². The van der Waals surface area contributed by atoms with Crippen LogP contribution in [-0.4, -0.2) is 26.2 Å². The molecule has 0 atom stereocenters. The normalized spacial score (nSPS) is 14.7. The van der Waals surface area contributed by atoms with Crippen LogP contribution in [0.2, 0.25) is 0 Å². The second-order valence-electron chi connectivity index (χ2n) is 7.18. The van der Waals surface area contributed by atoms with Gasteiger partial charge in [-0.25, -0.2) is 13.6 Å². The lowest BCUT2D eigenvalue weighted by atomic mass is 10.1.